The minimum atomic E-state index is -4.05. The molecule has 1 atom stereocenters. The van der Waals surface area contributed by atoms with Crippen LogP contribution in [0.15, 0.2) is 59.5 Å². The van der Waals surface area contributed by atoms with Crippen LogP contribution in [0.25, 0.3) is 22.2 Å². The predicted molar refractivity (Wildman–Crippen MR) is 172 cm³/mol. The van der Waals surface area contributed by atoms with E-state index < -0.39 is 50.4 Å². The Balaban J connectivity index is 1.39. The Hall–Kier alpha value is -4.59. The molecule has 1 saturated heterocycles. The molecule has 1 aliphatic heterocycles. The second-order valence-electron chi connectivity index (χ2n) is 12.1. The lowest BCUT2D eigenvalue weighted by Gasteiger charge is -2.34. The van der Waals surface area contributed by atoms with Crippen molar-refractivity contribution in [2.75, 3.05) is 23.1 Å². The van der Waals surface area contributed by atoms with Crippen LogP contribution in [0, 0.1) is 11.6 Å². The Morgan fingerprint density at radius 3 is 2.52 bits per heavy atom. The Bertz CT molecular complexity index is 1930. The van der Waals surface area contributed by atoms with Crippen LogP contribution in [-0.4, -0.2) is 58.7 Å². The monoisotopic (exact) mass is 654 g/mol. The first-order valence-electron chi connectivity index (χ1n) is 14.9. The van der Waals surface area contributed by atoms with E-state index in [1.165, 1.54) is 16.8 Å². The summed E-state index contributed by atoms with van der Waals surface area (Å²) in [4.78, 5) is 36.7. The molecule has 2 N–H and O–H groups in total. The van der Waals surface area contributed by atoms with E-state index in [1.807, 2.05) is 20.8 Å². The number of hydrogen-bond acceptors (Lipinski definition) is 8. The third kappa shape index (κ3) is 7.44. The fourth-order valence-corrected chi connectivity index (χ4v) is 6.51. The molecule has 46 heavy (non-hydrogen) atoms. The van der Waals surface area contributed by atoms with E-state index >= 15 is 8.78 Å². The highest BCUT2D eigenvalue weighted by Crippen LogP contribution is 2.30. The smallest absolute Gasteiger partial charge is 0.410 e. The Labute approximate surface area is 265 Å². The number of fused-ring (bicyclic) bond motifs is 1. The number of hydrogen-bond donors (Lipinski definition) is 2. The van der Waals surface area contributed by atoms with Crippen molar-refractivity contribution in [3.05, 3.63) is 82.3 Å². The maximum Gasteiger partial charge on any atom is 0.410 e. The van der Waals surface area contributed by atoms with Gasteiger partial charge >= 0.3 is 6.09 Å². The van der Waals surface area contributed by atoms with E-state index in [-0.39, 0.29) is 29.7 Å². The van der Waals surface area contributed by atoms with Gasteiger partial charge in [0.1, 0.15) is 11.2 Å². The number of aromatic nitrogens is 3. The average Bonchev–Trinajstić information content (AvgIpc) is 2.99. The zero-order valence-electron chi connectivity index (χ0n) is 26.0. The molecule has 4 aromatic rings. The normalized spacial score (nSPS) is 15.5. The van der Waals surface area contributed by atoms with Gasteiger partial charge in [-0.25, -0.2) is 27.0 Å². The molecule has 11 nitrogen and oxygen atoms in total. The zero-order valence-corrected chi connectivity index (χ0v) is 26.8. The van der Waals surface area contributed by atoms with Crippen molar-refractivity contribution in [3.63, 3.8) is 0 Å². The number of carbonyl (C=O) groups is 1. The standard InChI is InChI=1S/C32H36F2N6O5S/c1-5-40-28-21(17-35-30(37-28)36-22-12-9-15-39(18-22)31(42)45-32(2,3)4)16-24(29(40)41)23-13-14-25(27(34)26(23)33)38-46(43,44)19-20-10-7-6-8-11-20/h6-8,10-11,13-14,16-17,22,38H,5,9,12,15,18-19H2,1-4H3,(H,35,36,37)/t22-/m0/s1. The second kappa shape index (κ2) is 13.0. The number of piperidine rings is 1. The van der Waals surface area contributed by atoms with Gasteiger partial charge in [-0.15, -0.1) is 0 Å². The van der Waals surface area contributed by atoms with E-state index in [0.29, 0.717) is 29.7 Å². The quantitative estimate of drug-likeness (QED) is 0.254. The molecule has 0 bridgehead atoms. The molecule has 244 valence electrons. The number of nitrogens with zero attached hydrogens (tertiary/aromatic N) is 4. The van der Waals surface area contributed by atoms with Gasteiger partial charge in [-0.05, 0) is 64.3 Å². The van der Waals surface area contributed by atoms with E-state index in [0.717, 1.165) is 25.0 Å². The summed E-state index contributed by atoms with van der Waals surface area (Å²) >= 11 is 0. The van der Waals surface area contributed by atoms with Gasteiger partial charge in [0, 0.05) is 42.8 Å². The molecule has 0 radical (unpaired) electrons. The number of rotatable bonds is 8. The lowest BCUT2D eigenvalue weighted by molar-refractivity contribution is 0.0206. The molecular formula is C32H36F2N6O5S. The number of amides is 1. The van der Waals surface area contributed by atoms with Gasteiger partial charge in [0.25, 0.3) is 5.56 Å². The van der Waals surface area contributed by atoms with Crippen molar-refractivity contribution in [1.29, 1.82) is 0 Å². The largest absolute Gasteiger partial charge is 0.444 e. The van der Waals surface area contributed by atoms with Gasteiger partial charge < -0.3 is 15.0 Å². The third-order valence-corrected chi connectivity index (χ3v) is 8.63. The topological polar surface area (TPSA) is 136 Å². The number of nitrogens with one attached hydrogen (secondary N) is 2. The SMILES string of the molecule is CCn1c(=O)c(-c2ccc(NS(=O)(=O)Cc3ccccc3)c(F)c2F)cc2cnc(N[C@H]3CCCN(C(=O)OC(C)(C)C)C3)nc21. The predicted octanol–water partition coefficient (Wildman–Crippen LogP) is 5.51. The summed E-state index contributed by atoms with van der Waals surface area (Å²) in [6.45, 7) is 8.29. The Kier molecular flexibility index (Phi) is 9.29. The highest BCUT2D eigenvalue weighted by Gasteiger charge is 2.28. The van der Waals surface area contributed by atoms with Gasteiger partial charge in [-0.1, -0.05) is 30.3 Å². The van der Waals surface area contributed by atoms with Crippen molar-refractivity contribution < 1.29 is 26.7 Å². The molecule has 0 aliphatic carbocycles. The Morgan fingerprint density at radius 2 is 1.83 bits per heavy atom. The van der Waals surface area contributed by atoms with Crippen molar-refractivity contribution in [3.8, 4) is 11.1 Å². The fraction of sp³-hybridized carbons (Fsp3) is 0.375. The highest BCUT2D eigenvalue weighted by atomic mass is 32.2. The van der Waals surface area contributed by atoms with E-state index in [1.54, 1.807) is 42.2 Å². The highest BCUT2D eigenvalue weighted by molar-refractivity contribution is 7.91. The number of likely N-dealkylation sites (tertiary alicyclic amines) is 1. The number of carbonyl (C=O) groups excluding carboxylic acids is 1. The van der Waals surface area contributed by atoms with E-state index in [2.05, 4.69) is 20.0 Å². The fourth-order valence-electron chi connectivity index (χ4n) is 5.32. The second-order valence-corrected chi connectivity index (χ2v) is 13.8. The van der Waals surface area contributed by atoms with Gasteiger partial charge in [0.05, 0.1) is 17.0 Å². The summed E-state index contributed by atoms with van der Waals surface area (Å²) in [6.07, 6.45) is 2.60. The number of halogens is 2. The molecule has 2 aromatic heterocycles. The number of sulfonamides is 1. The van der Waals surface area contributed by atoms with Crippen LogP contribution in [0.5, 0.6) is 0 Å². The zero-order chi connectivity index (χ0) is 33.2. The van der Waals surface area contributed by atoms with E-state index in [4.69, 9.17) is 4.74 Å². The molecule has 14 heteroatoms. The molecule has 1 fully saturated rings. The maximum absolute atomic E-state index is 15.4. The van der Waals surface area contributed by atoms with Crippen molar-refractivity contribution in [1.82, 2.24) is 19.4 Å². The lowest BCUT2D eigenvalue weighted by Crippen LogP contribution is -2.47. The van der Waals surface area contributed by atoms with Gasteiger partial charge in [0.15, 0.2) is 11.6 Å². The summed E-state index contributed by atoms with van der Waals surface area (Å²) in [7, 11) is -4.05. The average molecular weight is 655 g/mol. The van der Waals surface area contributed by atoms with Crippen LogP contribution >= 0.6 is 0 Å². The Morgan fingerprint density at radius 1 is 1.09 bits per heavy atom. The third-order valence-electron chi connectivity index (χ3n) is 7.39. The van der Waals surface area contributed by atoms with Crippen molar-refractivity contribution in [2.24, 2.45) is 0 Å². The summed E-state index contributed by atoms with van der Waals surface area (Å²) < 4.78 is 64.8. The molecule has 2 aromatic carbocycles. The van der Waals surface area contributed by atoms with Crippen LogP contribution in [0.4, 0.5) is 25.2 Å². The summed E-state index contributed by atoms with van der Waals surface area (Å²) in [6, 6.07) is 11.8. The van der Waals surface area contributed by atoms with Crippen molar-refractivity contribution >= 4 is 38.8 Å². The molecule has 1 aliphatic rings. The molecule has 5 rings (SSSR count). The first-order chi connectivity index (χ1) is 21.7. The first kappa shape index (κ1) is 32.8. The van der Waals surface area contributed by atoms with Crippen LogP contribution in [-0.2, 0) is 27.1 Å². The molecule has 1 amide bonds. The first-order valence-corrected chi connectivity index (χ1v) is 16.6. The molecule has 0 saturated carbocycles. The van der Waals surface area contributed by atoms with Gasteiger partial charge in [0.2, 0.25) is 16.0 Å². The minimum Gasteiger partial charge on any atom is -0.444 e. The maximum atomic E-state index is 15.4. The molecule has 0 spiro atoms. The van der Waals surface area contributed by atoms with Crippen LogP contribution in [0.2, 0.25) is 0 Å². The number of anilines is 2. The number of pyridine rings is 1. The summed E-state index contributed by atoms with van der Waals surface area (Å²) in [5.74, 6) is -2.98. The number of ether oxygens (including phenoxy) is 1. The molecule has 0 unspecified atom stereocenters. The number of aryl methyl sites for hydroxylation is 1. The van der Waals surface area contributed by atoms with Gasteiger partial charge in [-0.2, -0.15) is 4.98 Å². The van der Waals surface area contributed by atoms with Gasteiger partial charge in [-0.3, -0.25) is 14.1 Å². The number of benzene rings is 2. The molecule has 3 heterocycles. The summed E-state index contributed by atoms with van der Waals surface area (Å²) in [5.41, 5.74) is -1.48. The van der Waals surface area contributed by atoms with Crippen molar-refractivity contribution in [2.45, 2.75) is 64.5 Å². The summed E-state index contributed by atoms with van der Waals surface area (Å²) in [5, 5.41) is 3.65. The van der Waals surface area contributed by atoms with Crippen LogP contribution in [0.3, 0.4) is 0 Å². The lowest BCUT2D eigenvalue weighted by atomic mass is 10.0. The van der Waals surface area contributed by atoms with E-state index in [9.17, 15) is 18.0 Å². The molecular weight excluding hydrogens is 618 g/mol. The van der Waals surface area contributed by atoms with Crippen LogP contribution in [0.1, 0.15) is 46.1 Å². The minimum absolute atomic E-state index is 0.131. The van der Waals surface area contributed by atoms with Crippen LogP contribution < -0.4 is 15.6 Å².